The maximum atomic E-state index is 11.9. The van der Waals surface area contributed by atoms with Crippen molar-refractivity contribution in [1.29, 1.82) is 0 Å². The minimum absolute atomic E-state index is 0.0314. The highest BCUT2D eigenvalue weighted by molar-refractivity contribution is 6.32. The van der Waals surface area contributed by atoms with E-state index in [1.807, 2.05) is 6.92 Å². The SMILES string of the molecule is CC(N)Cc1ccc(OCC(F)F)c(Cl)c1. The van der Waals surface area contributed by atoms with E-state index in [-0.39, 0.29) is 11.8 Å². The van der Waals surface area contributed by atoms with E-state index in [9.17, 15) is 8.78 Å². The molecule has 0 amide bonds. The molecule has 1 aromatic carbocycles. The van der Waals surface area contributed by atoms with Crippen molar-refractivity contribution in [3.63, 3.8) is 0 Å². The summed E-state index contributed by atoms with van der Waals surface area (Å²) in [7, 11) is 0. The number of rotatable bonds is 5. The summed E-state index contributed by atoms with van der Waals surface area (Å²) in [5.41, 5.74) is 6.60. The van der Waals surface area contributed by atoms with Gasteiger partial charge in [-0.05, 0) is 31.0 Å². The number of ether oxygens (including phenoxy) is 1. The van der Waals surface area contributed by atoms with Crippen LogP contribution in [0.15, 0.2) is 18.2 Å². The highest BCUT2D eigenvalue weighted by atomic mass is 35.5. The van der Waals surface area contributed by atoms with E-state index in [2.05, 4.69) is 0 Å². The quantitative estimate of drug-likeness (QED) is 0.871. The number of alkyl halides is 2. The van der Waals surface area contributed by atoms with Crippen LogP contribution in [0.4, 0.5) is 8.78 Å². The van der Waals surface area contributed by atoms with Crippen LogP contribution in [0.25, 0.3) is 0 Å². The van der Waals surface area contributed by atoms with Crippen molar-refractivity contribution in [3.05, 3.63) is 28.8 Å². The zero-order valence-corrected chi connectivity index (χ0v) is 9.68. The maximum absolute atomic E-state index is 11.9. The Morgan fingerprint density at radius 3 is 2.62 bits per heavy atom. The Morgan fingerprint density at radius 1 is 1.44 bits per heavy atom. The van der Waals surface area contributed by atoms with Gasteiger partial charge in [0.15, 0.2) is 0 Å². The van der Waals surface area contributed by atoms with Crippen molar-refractivity contribution >= 4 is 11.6 Å². The zero-order chi connectivity index (χ0) is 12.1. The molecule has 1 aromatic rings. The van der Waals surface area contributed by atoms with Gasteiger partial charge in [0.25, 0.3) is 6.43 Å². The molecule has 0 saturated carbocycles. The second-order valence-electron chi connectivity index (χ2n) is 3.65. The molecule has 5 heteroatoms. The van der Waals surface area contributed by atoms with Gasteiger partial charge >= 0.3 is 0 Å². The van der Waals surface area contributed by atoms with Gasteiger partial charge in [-0.15, -0.1) is 0 Å². The molecule has 2 nitrogen and oxygen atoms in total. The van der Waals surface area contributed by atoms with Gasteiger partial charge < -0.3 is 10.5 Å². The first-order valence-corrected chi connectivity index (χ1v) is 5.31. The molecule has 0 aliphatic rings. The van der Waals surface area contributed by atoms with Crippen molar-refractivity contribution < 1.29 is 13.5 Å². The number of hydrogen-bond acceptors (Lipinski definition) is 2. The van der Waals surface area contributed by atoms with Crippen LogP contribution in [-0.4, -0.2) is 19.1 Å². The minimum Gasteiger partial charge on any atom is -0.486 e. The lowest BCUT2D eigenvalue weighted by Crippen LogP contribution is -2.17. The molecule has 0 saturated heterocycles. The Labute approximate surface area is 98.3 Å². The molecular formula is C11H14ClF2NO. The van der Waals surface area contributed by atoms with Gasteiger partial charge in [0, 0.05) is 6.04 Å². The van der Waals surface area contributed by atoms with E-state index in [4.69, 9.17) is 22.1 Å². The van der Waals surface area contributed by atoms with Gasteiger partial charge in [-0.25, -0.2) is 8.78 Å². The average molecular weight is 250 g/mol. The summed E-state index contributed by atoms with van der Waals surface area (Å²) in [6.45, 7) is 1.24. The largest absolute Gasteiger partial charge is 0.486 e. The van der Waals surface area contributed by atoms with Gasteiger partial charge in [-0.1, -0.05) is 17.7 Å². The van der Waals surface area contributed by atoms with Crippen LogP contribution in [0.5, 0.6) is 5.75 Å². The summed E-state index contributed by atoms with van der Waals surface area (Å²) >= 11 is 5.89. The van der Waals surface area contributed by atoms with E-state index >= 15 is 0 Å². The first-order valence-electron chi connectivity index (χ1n) is 4.94. The Hall–Kier alpha value is -0.870. The van der Waals surface area contributed by atoms with Gasteiger partial charge in [0.1, 0.15) is 12.4 Å². The molecule has 90 valence electrons. The number of hydrogen-bond donors (Lipinski definition) is 1. The fourth-order valence-electron chi connectivity index (χ4n) is 1.31. The third-order valence-corrected chi connectivity index (χ3v) is 2.21. The third-order valence-electron chi connectivity index (χ3n) is 1.92. The smallest absolute Gasteiger partial charge is 0.272 e. The Kier molecular flexibility index (Phi) is 4.96. The predicted octanol–water partition coefficient (Wildman–Crippen LogP) is 2.87. The Balaban J connectivity index is 2.67. The van der Waals surface area contributed by atoms with Crippen molar-refractivity contribution in [2.75, 3.05) is 6.61 Å². The van der Waals surface area contributed by atoms with E-state index in [0.29, 0.717) is 11.4 Å². The fourth-order valence-corrected chi connectivity index (χ4v) is 1.57. The van der Waals surface area contributed by atoms with Crippen LogP contribution < -0.4 is 10.5 Å². The first-order chi connectivity index (χ1) is 7.49. The monoisotopic (exact) mass is 249 g/mol. The van der Waals surface area contributed by atoms with E-state index < -0.39 is 13.0 Å². The molecular weight excluding hydrogens is 236 g/mol. The second kappa shape index (κ2) is 6.01. The highest BCUT2D eigenvalue weighted by Gasteiger charge is 2.08. The molecule has 0 fully saturated rings. The van der Waals surface area contributed by atoms with Crippen LogP contribution in [-0.2, 0) is 6.42 Å². The normalized spacial score (nSPS) is 12.9. The lowest BCUT2D eigenvalue weighted by Gasteiger charge is -2.10. The highest BCUT2D eigenvalue weighted by Crippen LogP contribution is 2.26. The minimum atomic E-state index is -2.50. The van der Waals surface area contributed by atoms with E-state index in [1.54, 1.807) is 18.2 Å². The molecule has 16 heavy (non-hydrogen) atoms. The first kappa shape index (κ1) is 13.2. The number of nitrogens with two attached hydrogens (primary N) is 1. The molecule has 1 rings (SSSR count). The summed E-state index contributed by atoms with van der Waals surface area (Å²) < 4.78 is 28.7. The molecule has 0 aliphatic heterocycles. The topological polar surface area (TPSA) is 35.2 Å². The third kappa shape index (κ3) is 4.33. The zero-order valence-electron chi connectivity index (χ0n) is 8.92. The van der Waals surface area contributed by atoms with Crippen molar-refractivity contribution in [2.45, 2.75) is 25.8 Å². The lowest BCUT2D eigenvalue weighted by atomic mass is 10.1. The van der Waals surface area contributed by atoms with E-state index in [1.165, 1.54) is 0 Å². The standard InChI is InChI=1S/C11H14ClF2NO/c1-7(15)4-8-2-3-10(9(12)5-8)16-6-11(13)14/h2-3,5,7,11H,4,6,15H2,1H3. The van der Waals surface area contributed by atoms with Crippen LogP contribution in [0, 0.1) is 0 Å². The summed E-state index contributed by atoms with van der Waals surface area (Å²) in [5.74, 6) is 0.274. The number of benzene rings is 1. The van der Waals surface area contributed by atoms with Gasteiger partial charge in [0.05, 0.1) is 5.02 Å². The van der Waals surface area contributed by atoms with Crippen LogP contribution in [0.3, 0.4) is 0 Å². The molecule has 0 heterocycles. The molecule has 0 aromatic heterocycles. The van der Waals surface area contributed by atoms with E-state index in [0.717, 1.165) is 5.56 Å². The molecule has 2 N–H and O–H groups in total. The molecule has 0 bridgehead atoms. The summed E-state index contributed by atoms with van der Waals surface area (Å²) in [6, 6.07) is 5.08. The van der Waals surface area contributed by atoms with Gasteiger partial charge in [-0.3, -0.25) is 0 Å². The van der Waals surface area contributed by atoms with Gasteiger partial charge in [-0.2, -0.15) is 0 Å². The van der Waals surface area contributed by atoms with Gasteiger partial charge in [0.2, 0.25) is 0 Å². The van der Waals surface area contributed by atoms with Crippen LogP contribution in [0.2, 0.25) is 5.02 Å². The molecule has 1 atom stereocenters. The lowest BCUT2D eigenvalue weighted by molar-refractivity contribution is 0.0819. The average Bonchev–Trinajstić information content (AvgIpc) is 2.15. The number of halogens is 3. The summed E-state index contributed by atoms with van der Waals surface area (Å²) in [5, 5.41) is 0.332. The fraction of sp³-hybridized carbons (Fsp3) is 0.455. The summed E-state index contributed by atoms with van der Waals surface area (Å²) in [6.07, 6.45) is -1.81. The Bertz CT molecular complexity index is 345. The van der Waals surface area contributed by atoms with Crippen molar-refractivity contribution in [1.82, 2.24) is 0 Å². The molecule has 0 radical (unpaired) electrons. The Morgan fingerprint density at radius 2 is 2.12 bits per heavy atom. The molecule has 0 spiro atoms. The second-order valence-corrected chi connectivity index (χ2v) is 4.06. The molecule has 1 unspecified atom stereocenters. The van der Waals surface area contributed by atoms with Crippen LogP contribution in [0.1, 0.15) is 12.5 Å². The van der Waals surface area contributed by atoms with Crippen molar-refractivity contribution in [2.24, 2.45) is 5.73 Å². The summed E-state index contributed by atoms with van der Waals surface area (Å²) in [4.78, 5) is 0. The predicted molar refractivity (Wildman–Crippen MR) is 60.3 cm³/mol. The molecule has 0 aliphatic carbocycles. The van der Waals surface area contributed by atoms with Crippen molar-refractivity contribution in [3.8, 4) is 5.75 Å². The maximum Gasteiger partial charge on any atom is 0.272 e. The van der Waals surface area contributed by atoms with Crippen LogP contribution >= 0.6 is 11.6 Å².